The first-order valence-corrected chi connectivity index (χ1v) is 6.14. The van der Waals surface area contributed by atoms with Gasteiger partial charge in [-0.05, 0) is 18.9 Å². The normalized spacial score (nSPS) is 27.7. The van der Waals surface area contributed by atoms with Gasteiger partial charge in [0.15, 0.2) is 0 Å². The first kappa shape index (κ1) is 13.8. The van der Waals surface area contributed by atoms with Crippen LogP contribution in [0.5, 0.6) is 0 Å². The van der Waals surface area contributed by atoms with Crippen molar-refractivity contribution < 1.29 is 9.90 Å². The number of carboxylic acid groups (broad SMARTS) is 1. The van der Waals surface area contributed by atoms with E-state index in [9.17, 15) is 9.90 Å². The van der Waals surface area contributed by atoms with Gasteiger partial charge in [-0.15, -0.1) is 0 Å². The van der Waals surface area contributed by atoms with E-state index in [0.29, 0.717) is 24.5 Å². The van der Waals surface area contributed by atoms with E-state index >= 15 is 0 Å². The Morgan fingerprint density at radius 2 is 2.25 bits per heavy atom. The summed E-state index contributed by atoms with van der Waals surface area (Å²) in [7, 11) is 0. The molecular formula is C11H17Cl2NO2. The summed E-state index contributed by atoms with van der Waals surface area (Å²) < 4.78 is 0. The van der Waals surface area contributed by atoms with Crippen LogP contribution in [0, 0.1) is 11.3 Å². The number of hydrogen-bond donors (Lipinski definition) is 1. The van der Waals surface area contributed by atoms with Crippen LogP contribution in [-0.4, -0.2) is 35.6 Å². The molecule has 3 nitrogen and oxygen atoms in total. The maximum absolute atomic E-state index is 11.4. The number of carboxylic acids is 1. The lowest BCUT2D eigenvalue weighted by Crippen LogP contribution is -2.39. The summed E-state index contributed by atoms with van der Waals surface area (Å²) in [6.07, 6.45) is 0.673. The molecule has 1 aliphatic rings. The molecule has 1 unspecified atom stereocenters. The van der Waals surface area contributed by atoms with E-state index < -0.39 is 11.4 Å². The molecule has 1 rings (SSSR count). The van der Waals surface area contributed by atoms with E-state index in [-0.39, 0.29) is 5.92 Å². The lowest BCUT2D eigenvalue weighted by molar-refractivity contribution is -0.150. The SMILES string of the molecule is CC(C)C1(C(=O)O)CCN(CC(Cl)=CCl)C1. The highest BCUT2D eigenvalue weighted by atomic mass is 35.5. The van der Waals surface area contributed by atoms with Crippen LogP contribution >= 0.6 is 23.2 Å². The van der Waals surface area contributed by atoms with Gasteiger partial charge >= 0.3 is 5.97 Å². The quantitative estimate of drug-likeness (QED) is 0.850. The van der Waals surface area contributed by atoms with Crippen LogP contribution in [0.15, 0.2) is 10.6 Å². The van der Waals surface area contributed by atoms with Gasteiger partial charge in [0.05, 0.1) is 5.41 Å². The van der Waals surface area contributed by atoms with Gasteiger partial charge in [-0.3, -0.25) is 9.69 Å². The van der Waals surface area contributed by atoms with Crippen molar-refractivity contribution in [3.05, 3.63) is 10.6 Å². The van der Waals surface area contributed by atoms with Crippen LogP contribution in [0.4, 0.5) is 0 Å². The highest BCUT2D eigenvalue weighted by Crippen LogP contribution is 2.38. The number of rotatable bonds is 4. The molecular weight excluding hydrogens is 249 g/mol. The fourth-order valence-electron chi connectivity index (χ4n) is 2.19. The highest BCUT2D eigenvalue weighted by molar-refractivity contribution is 6.36. The van der Waals surface area contributed by atoms with Crippen LogP contribution in [0.1, 0.15) is 20.3 Å². The molecule has 0 bridgehead atoms. The average Bonchev–Trinajstić information content (AvgIpc) is 2.63. The molecule has 1 N–H and O–H groups in total. The zero-order valence-corrected chi connectivity index (χ0v) is 11.1. The molecule has 0 aromatic heterocycles. The van der Waals surface area contributed by atoms with E-state index in [4.69, 9.17) is 23.2 Å². The largest absolute Gasteiger partial charge is 0.481 e. The summed E-state index contributed by atoms with van der Waals surface area (Å²) in [5.41, 5.74) is 0.696. The molecule has 1 aliphatic heterocycles. The molecule has 0 aromatic rings. The van der Waals surface area contributed by atoms with Gasteiger partial charge in [-0.1, -0.05) is 37.0 Å². The van der Waals surface area contributed by atoms with Crippen LogP contribution < -0.4 is 0 Å². The van der Waals surface area contributed by atoms with Crippen molar-refractivity contribution in [1.82, 2.24) is 4.90 Å². The Balaban J connectivity index is 2.71. The van der Waals surface area contributed by atoms with Gasteiger partial charge < -0.3 is 5.11 Å². The fraction of sp³-hybridized carbons (Fsp3) is 0.727. The minimum atomic E-state index is -0.712. The summed E-state index contributed by atoms with van der Waals surface area (Å²) in [4.78, 5) is 13.4. The summed E-state index contributed by atoms with van der Waals surface area (Å²) in [5, 5.41) is 9.89. The van der Waals surface area contributed by atoms with Crippen molar-refractivity contribution >= 4 is 29.2 Å². The fourth-order valence-corrected chi connectivity index (χ4v) is 2.43. The van der Waals surface area contributed by atoms with Crippen molar-refractivity contribution in [3.63, 3.8) is 0 Å². The topological polar surface area (TPSA) is 40.5 Å². The minimum Gasteiger partial charge on any atom is -0.481 e. The molecule has 1 saturated heterocycles. The van der Waals surface area contributed by atoms with E-state index in [1.165, 1.54) is 5.54 Å². The minimum absolute atomic E-state index is 0.119. The number of carbonyl (C=O) groups is 1. The standard InChI is InChI=1S/C11H17Cl2NO2/c1-8(2)11(10(15)16)3-4-14(7-11)6-9(13)5-12/h5,8H,3-4,6-7H2,1-2H3,(H,15,16). The number of likely N-dealkylation sites (tertiary alicyclic amines) is 1. The Bertz CT molecular complexity index is 304. The third kappa shape index (κ3) is 2.70. The molecule has 5 heteroatoms. The smallest absolute Gasteiger partial charge is 0.311 e. The van der Waals surface area contributed by atoms with Crippen LogP contribution in [0.2, 0.25) is 0 Å². The van der Waals surface area contributed by atoms with Crippen molar-refractivity contribution in [2.24, 2.45) is 11.3 Å². The first-order chi connectivity index (χ1) is 7.42. The van der Waals surface area contributed by atoms with Gasteiger partial charge in [-0.25, -0.2) is 0 Å². The molecule has 0 spiro atoms. The van der Waals surface area contributed by atoms with E-state index in [1.54, 1.807) is 0 Å². The van der Waals surface area contributed by atoms with Gasteiger partial charge in [0.25, 0.3) is 0 Å². The van der Waals surface area contributed by atoms with Crippen molar-refractivity contribution in [2.45, 2.75) is 20.3 Å². The number of hydrogen-bond acceptors (Lipinski definition) is 2. The second kappa shape index (κ2) is 5.39. The Morgan fingerprint density at radius 1 is 1.62 bits per heavy atom. The van der Waals surface area contributed by atoms with E-state index in [2.05, 4.69) is 0 Å². The molecule has 1 heterocycles. The van der Waals surface area contributed by atoms with Crippen molar-refractivity contribution in [1.29, 1.82) is 0 Å². The predicted molar refractivity (Wildman–Crippen MR) is 65.8 cm³/mol. The summed E-state index contributed by atoms with van der Waals surface area (Å²) in [6.45, 7) is 5.74. The molecule has 92 valence electrons. The lowest BCUT2D eigenvalue weighted by atomic mass is 9.76. The highest BCUT2D eigenvalue weighted by Gasteiger charge is 2.47. The monoisotopic (exact) mass is 265 g/mol. The Morgan fingerprint density at radius 3 is 2.62 bits per heavy atom. The van der Waals surface area contributed by atoms with E-state index in [0.717, 1.165) is 6.54 Å². The third-order valence-electron chi connectivity index (χ3n) is 3.40. The van der Waals surface area contributed by atoms with Crippen LogP contribution in [0.25, 0.3) is 0 Å². The summed E-state index contributed by atoms with van der Waals surface area (Å²) in [6, 6.07) is 0. The lowest BCUT2D eigenvalue weighted by Gasteiger charge is -2.28. The van der Waals surface area contributed by atoms with E-state index in [1.807, 2.05) is 18.7 Å². The molecule has 1 fully saturated rings. The number of halogens is 2. The Labute approximate surface area is 106 Å². The van der Waals surface area contributed by atoms with Gasteiger partial charge in [0.2, 0.25) is 0 Å². The molecule has 0 aromatic carbocycles. The zero-order chi connectivity index (χ0) is 12.3. The third-order valence-corrected chi connectivity index (χ3v) is 4.01. The number of nitrogens with zero attached hydrogens (tertiary/aromatic N) is 1. The summed E-state index contributed by atoms with van der Waals surface area (Å²) in [5.74, 6) is -0.593. The van der Waals surface area contributed by atoms with Crippen molar-refractivity contribution in [2.75, 3.05) is 19.6 Å². The Hall–Kier alpha value is -0.250. The van der Waals surface area contributed by atoms with Gasteiger partial charge in [0, 0.05) is 23.7 Å². The van der Waals surface area contributed by atoms with Gasteiger partial charge in [0.1, 0.15) is 0 Å². The maximum atomic E-state index is 11.4. The average molecular weight is 266 g/mol. The van der Waals surface area contributed by atoms with Crippen LogP contribution in [0.3, 0.4) is 0 Å². The van der Waals surface area contributed by atoms with Crippen molar-refractivity contribution in [3.8, 4) is 0 Å². The predicted octanol–water partition coefficient (Wildman–Crippen LogP) is 2.74. The molecule has 0 amide bonds. The molecule has 0 aliphatic carbocycles. The zero-order valence-electron chi connectivity index (χ0n) is 9.54. The first-order valence-electron chi connectivity index (χ1n) is 5.33. The number of aliphatic carboxylic acids is 1. The molecule has 0 radical (unpaired) electrons. The molecule has 1 atom stereocenters. The second-order valence-electron chi connectivity index (χ2n) is 4.63. The summed E-state index contributed by atoms with van der Waals surface area (Å²) >= 11 is 11.3. The molecule has 16 heavy (non-hydrogen) atoms. The molecule has 0 saturated carbocycles. The Kier molecular flexibility index (Phi) is 4.65. The van der Waals surface area contributed by atoms with Gasteiger partial charge in [-0.2, -0.15) is 0 Å². The maximum Gasteiger partial charge on any atom is 0.311 e. The van der Waals surface area contributed by atoms with Crippen LogP contribution in [-0.2, 0) is 4.79 Å². The second-order valence-corrected chi connectivity index (χ2v) is 5.34.